The van der Waals surface area contributed by atoms with Gasteiger partial charge in [-0.1, -0.05) is 55.4 Å². The first-order valence-corrected chi connectivity index (χ1v) is 14.6. The van der Waals surface area contributed by atoms with E-state index in [4.69, 9.17) is 4.74 Å². The van der Waals surface area contributed by atoms with Crippen LogP contribution in [0.4, 0.5) is 0 Å². The van der Waals surface area contributed by atoms with Crippen LogP contribution in [-0.2, 0) is 14.3 Å². The molecule has 4 unspecified atom stereocenters. The van der Waals surface area contributed by atoms with Gasteiger partial charge in [0.25, 0.3) is 0 Å². The normalized spacial score (nSPS) is 43.5. The second-order valence-electron chi connectivity index (χ2n) is 16.3. The predicted molar refractivity (Wildman–Crippen MR) is 143 cm³/mol. The molecular weight excluding hydrogens is 432 g/mol. The maximum Gasteiger partial charge on any atom is 0.312 e. The predicted octanol–water partition coefficient (Wildman–Crippen LogP) is 8.39. The van der Waals surface area contributed by atoms with Gasteiger partial charge in [0.1, 0.15) is 11.4 Å². The summed E-state index contributed by atoms with van der Waals surface area (Å²) in [5.74, 6) is 3.15. The molecule has 0 aromatic heterocycles. The molecule has 0 heterocycles. The van der Waals surface area contributed by atoms with Gasteiger partial charge in [-0.15, -0.1) is 0 Å². The van der Waals surface area contributed by atoms with E-state index >= 15 is 0 Å². The van der Waals surface area contributed by atoms with E-state index in [9.17, 15) is 9.59 Å². The van der Waals surface area contributed by atoms with Gasteiger partial charge >= 0.3 is 5.97 Å². The van der Waals surface area contributed by atoms with E-state index in [1.165, 1.54) is 25.7 Å². The van der Waals surface area contributed by atoms with Crippen molar-refractivity contribution in [2.45, 2.75) is 139 Å². The molecule has 8 atom stereocenters. The van der Waals surface area contributed by atoms with Crippen molar-refractivity contribution in [1.82, 2.24) is 0 Å². The zero-order valence-electron chi connectivity index (χ0n) is 24.6. The molecule has 0 aromatic rings. The topological polar surface area (TPSA) is 43.4 Å². The molecule has 0 aromatic carbocycles. The van der Waals surface area contributed by atoms with Crippen LogP contribution in [0.5, 0.6) is 0 Å². The van der Waals surface area contributed by atoms with E-state index in [1.807, 2.05) is 0 Å². The molecule has 0 aliphatic heterocycles. The molecule has 4 aliphatic carbocycles. The van der Waals surface area contributed by atoms with E-state index in [0.29, 0.717) is 29.0 Å². The fraction of sp³-hybridized carbons (Fsp3) is 0.938. The first-order valence-electron chi connectivity index (χ1n) is 14.6. The maximum atomic E-state index is 14.1. The SMILES string of the molecule is CC(C)(C)CC(C)(C(=O)OC1(C)CC[C@H]2C3CCC4CC(=O)CC[C@]4(C)[C@H]3CC[C@@]21C)C(C)(C)C. The lowest BCUT2D eigenvalue weighted by atomic mass is 9.44. The molecule has 4 aliphatic rings. The first kappa shape index (κ1) is 27.2. The summed E-state index contributed by atoms with van der Waals surface area (Å²) in [5.41, 5.74) is -0.679. The average molecular weight is 487 g/mol. The van der Waals surface area contributed by atoms with Crippen molar-refractivity contribution in [2.75, 3.05) is 0 Å². The molecule has 0 saturated heterocycles. The van der Waals surface area contributed by atoms with Crippen molar-refractivity contribution in [3.8, 4) is 0 Å². The number of carbonyl (C=O) groups is 2. The third-order valence-corrected chi connectivity index (χ3v) is 12.3. The Balaban J connectivity index is 1.58. The van der Waals surface area contributed by atoms with Gasteiger partial charge in [0, 0.05) is 18.3 Å². The number of rotatable bonds is 3. The van der Waals surface area contributed by atoms with Gasteiger partial charge in [-0.05, 0) is 105 Å². The molecule has 3 heteroatoms. The molecule has 0 N–H and O–H groups in total. The number of ether oxygens (including phenoxy) is 1. The van der Waals surface area contributed by atoms with E-state index in [-0.39, 0.29) is 22.2 Å². The number of fused-ring (bicyclic) bond motifs is 5. The summed E-state index contributed by atoms with van der Waals surface area (Å²) in [6.07, 6.45) is 10.5. The minimum atomic E-state index is -0.528. The first-order chi connectivity index (χ1) is 15.9. The summed E-state index contributed by atoms with van der Waals surface area (Å²) in [7, 11) is 0. The molecule has 4 saturated carbocycles. The van der Waals surface area contributed by atoms with E-state index < -0.39 is 11.0 Å². The fourth-order valence-corrected chi connectivity index (χ4v) is 9.46. The third-order valence-electron chi connectivity index (χ3n) is 12.3. The molecular formula is C32H54O3. The molecule has 0 radical (unpaired) electrons. The summed E-state index contributed by atoms with van der Waals surface area (Å²) >= 11 is 0. The lowest BCUT2D eigenvalue weighted by Crippen LogP contribution is -2.57. The van der Waals surface area contributed by atoms with Crippen molar-refractivity contribution in [1.29, 1.82) is 0 Å². The molecule has 200 valence electrons. The van der Waals surface area contributed by atoms with E-state index in [1.54, 1.807) is 0 Å². The average Bonchev–Trinajstić information content (AvgIpc) is 2.97. The molecule has 0 amide bonds. The highest BCUT2D eigenvalue weighted by molar-refractivity contribution is 5.79. The van der Waals surface area contributed by atoms with Gasteiger partial charge in [0.2, 0.25) is 0 Å². The highest BCUT2D eigenvalue weighted by Crippen LogP contribution is 2.69. The van der Waals surface area contributed by atoms with E-state index in [2.05, 4.69) is 69.2 Å². The number of esters is 1. The monoisotopic (exact) mass is 486 g/mol. The van der Waals surface area contributed by atoms with Gasteiger partial charge < -0.3 is 4.74 Å². The van der Waals surface area contributed by atoms with Crippen molar-refractivity contribution in [3.05, 3.63) is 0 Å². The van der Waals surface area contributed by atoms with Crippen LogP contribution >= 0.6 is 0 Å². The van der Waals surface area contributed by atoms with Crippen LogP contribution in [0, 0.1) is 50.7 Å². The van der Waals surface area contributed by atoms with Crippen LogP contribution in [-0.4, -0.2) is 17.4 Å². The van der Waals surface area contributed by atoms with Crippen LogP contribution in [0.3, 0.4) is 0 Å². The molecule has 35 heavy (non-hydrogen) atoms. The zero-order valence-corrected chi connectivity index (χ0v) is 24.6. The van der Waals surface area contributed by atoms with Crippen LogP contribution in [0.1, 0.15) is 133 Å². The van der Waals surface area contributed by atoms with Crippen LogP contribution in [0.25, 0.3) is 0 Å². The minimum absolute atomic E-state index is 0.00730. The quantitative estimate of drug-likeness (QED) is 0.376. The summed E-state index contributed by atoms with van der Waals surface area (Å²) in [6.45, 7) is 22.6. The minimum Gasteiger partial charge on any atom is -0.458 e. The molecule has 0 spiro atoms. The molecule has 3 nitrogen and oxygen atoms in total. The number of hydrogen-bond donors (Lipinski definition) is 0. The highest BCUT2D eigenvalue weighted by Gasteiger charge is 2.65. The molecule has 0 bridgehead atoms. The maximum absolute atomic E-state index is 14.1. The summed E-state index contributed by atoms with van der Waals surface area (Å²) in [5, 5.41) is 0. The second kappa shape index (κ2) is 8.32. The van der Waals surface area contributed by atoms with Gasteiger partial charge in [-0.3, -0.25) is 9.59 Å². The summed E-state index contributed by atoms with van der Waals surface area (Å²) < 4.78 is 6.75. The van der Waals surface area contributed by atoms with Gasteiger partial charge in [-0.2, -0.15) is 0 Å². The summed E-state index contributed by atoms with van der Waals surface area (Å²) in [4.78, 5) is 26.3. The lowest BCUT2D eigenvalue weighted by molar-refractivity contribution is -0.201. The van der Waals surface area contributed by atoms with E-state index in [0.717, 1.165) is 44.4 Å². The Morgan fingerprint density at radius 2 is 1.51 bits per heavy atom. The van der Waals surface area contributed by atoms with Gasteiger partial charge in [0.15, 0.2) is 0 Å². The second-order valence-corrected chi connectivity index (χ2v) is 16.3. The van der Waals surface area contributed by atoms with Crippen molar-refractivity contribution >= 4 is 11.8 Å². The Hall–Kier alpha value is -0.860. The third kappa shape index (κ3) is 4.23. The van der Waals surface area contributed by atoms with Crippen molar-refractivity contribution in [3.63, 3.8) is 0 Å². The van der Waals surface area contributed by atoms with Crippen LogP contribution in [0.15, 0.2) is 0 Å². The standard InChI is InChI=1S/C32H54O3/c1-27(2,3)20-31(9,28(4,5)6)26(34)35-32(10)18-15-25-23-12-11-21-19-22(33)13-16-29(21,7)24(23)14-17-30(25,32)8/h21,23-25H,11-20H2,1-10H3/t21?,23?,24-,25-,29-,30-,31?,32?/m0/s1. The van der Waals surface area contributed by atoms with Gasteiger partial charge in [0.05, 0.1) is 5.41 Å². The van der Waals surface area contributed by atoms with Crippen LogP contribution in [0.2, 0.25) is 0 Å². The van der Waals surface area contributed by atoms with Crippen molar-refractivity contribution in [2.24, 2.45) is 50.7 Å². The van der Waals surface area contributed by atoms with Crippen molar-refractivity contribution < 1.29 is 14.3 Å². The Kier molecular flexibility index (Phi) is 6.46. The number of ketones is 1. The lowest BCUT2D eigenvalue weighted by Gasteiger charge is -2.61. The fourth-order valence-electron chi connectivity index (χ4n) is 9.46. The Morgan fingerprint density at radius 3 is 2.11 bits per heavy atom. The Labute approximate surface area is 215 Å². The molecule has 4 rings (SSSR count). The van der Waals surface area contributed by atoms with Crippen LogP contribution < -0.4 is 0 Å². The Morgan fingerprint density at radius 1 is 0.886 bits per heavy atom. The largest absolute Gasteiger partial charge is 0.458 e. The van der Waals surface area contributed by atoms with Gasteiger partial charge in [-0.25, -0.2) is 0 Å². The smallest absolute Gasteiger partial charge is 0.312 e. The Bertz CT molecular complexity index is 861. The zero-order chi connectivity index (χ0) is 26.2. The highest BCUT2D eigenvalue weighted by atomic mass is 16.6. The summed E-state index contributed by atoms with van der Waals surface area (Å²) in [6, 6.07) is 0. The number of hydrogen-bond acceptors (Lipinski definition) is 3. The number of Topliss-reactive ketones (excluding diaryl/α,β-unsaturated/α-hetero) is 1. The molecule has 4 fully saturated rings. The number of carbonyl (C=O) groups excluding carboxylic acids is 2.